The molecule has 3 rings (SSSR count). The lowest BCUT2D eigenvalue weighted by molar-refractivity contribution is 0.628. The van der Waals surface area contributed by atoms with Gasteiger partial charge in [0.05, 0.1) is 11.2 Å². The SMILES string of the molecule is Fc1ccc(-c2cc3ccc(I)cn3n2)cc1. The Morgan fingerprint density at radius 1 is 1.06 bits per heavy atom. The maximum atomic E-state index is 12.8. The molecule has 0 aliphatic carbocycles. The second-order valence-electron chi connectivity index (χ2n) is 3.75. The van der Waals surface area contributed by atoms with Crippen LogP contribution in [0.5, 0.6) is 0 Å². The van der Waals surface area contributed by atoms with Crippen LogP contribution in [0.15, 0.2) is 48.7 Å². The molecule has 0 radical (unpaired) electrons. The molecular formula is C13H8FIN2. The fourth-order valence-electron chi connectivity index (χ4n) is 1.72. The van der Waals surface area contributed by atoms with Gasteiger partial charge in [0.15, 0.2) is 0 Å². The van der Waals surface area contributed by atoms with Gasteiger partial charge in [-0.1, -0.05) is 0 Å². The predicted molar refractivity (Wildman–Crippen MR) is 73.3 cm³/mol. The Balaban J connectivity index is 2.14. The van der Waals surface area contributed by atoms with Crippen LogP contribution in [-0.4, -0.2) is 9.61 Å². The van der Waals surface area contributed by atoms with E-state index in [-0.39, 0.29) is 5.82 Å². The quantitative estimate of drug-likeness (QED) is 0.618. The Labute approximate surface area is 111 Å². The topological polar surface area (TPSA) is 17.3 Å². The van der Waals surface area contributed by atoms with E-state index in [1.807, 2.05) is 28.9 Å². The molecule has 0 saturated heterocycles. The molecule has 0 amide bonds. The van der Waals surface area contributed by atoms with Crippen molar-refractivity contribution in [3.05, 3.63) is 58.0 Å². The maximum Gasteiger partial charge on any atom is 0.123 e. The molecule has 0 atom stereocenters. The third kappa shape index (κ3) is 2.04. The van der Waals surface area contributed by atoms with E-state index < -0.39 is 0 Å². The van der Waals surface area contributed by atoms with Crippen molar-refractivity contribution in [2.24, 2.45) is 0 Å². The van der Waals surface area contributed by atoms with Crippen LogP contribution in [0.4, 0.5) is 4.39 Å². The van der Waals surface area contributed by atoms with Crippen molar-refractivity contribution in [1.82, 2.24) is 9.61 Å². The first-order valence-electron chi connectivity index (χ1n) is 5.13. The third-order valence-electron chi connectivity index (χ3n) is 2.56. The summed E-state index contributed by atoms with van der Waals surface area (Å²) in [5.41, 5.74) is 2.81. The first-order valence-corrected chi connectivity index (χ1v) is 6.21. The Morgan fingerprint density at radius 2 is 1.82 bits per heavy atom. The first kappa shape index (κ1) is 10.7. The molecule has 0 aliphatic rings. The van der Waals surface area contributed by atoms with E-state index in [9.17, 15) is 4.39 Å². The summed E-state index contributed by atoms with van der Waals surface area (Å²) >= 11 is 2.25. The van der Waals surface area contributed by atoms with Gasteiger partial charge in [0, 0.05) is 15.3 Å². The second-order valence-corrected chi connectivity index (χ2v) is 5.00. The molecule has 4 heteroatoms. The number of halogens is 2. The smallest absolute Gasteiger partial charge is 0.123 e. The van der Waals surface area contributed by atoms with E-state index in [4.69, 9.17) is 0 Å². The molecule has 1 aromatic carbocycles. The molecule has 17 heavy (non-hydrogen) atoms. The highest BCUT2D eigenvalue weighted by Gasteiger charge is 2.04. The van der Waals surface area contributed by atoms with E-state index in [0.717, 1.165) is 20.3 Å². The van der Waals surface area contributed by atoms with Gasteiger partial charge < -0.3 is 0 Å². The number of hydrogen-bond acceptors (Lipinski definition) is 1. The van der Waals surface area contributed by atoms with E-state index in [2.05, 4.69) is 27.7 Å². The molecule has 84 valence electrons. The van der Waals surface area contributed by atoms with Crippen molar-refractivity contribution in [3.8, 4) is 11.3 Å². The van der Waals surface area contributed by atoms with Gasteiger partial charge in [0.1, 0.15) is 5.82 Å². The van der Waals surface area contributed by atoms with E-state index in [1.165, 1.54) is 12.1 Å². The molecule has 0 fully saturated rings. The minimum Gasteiger partial charge on any atom is -0.239 e. The number of nitrogens with zero attached hydrogens (tertiary/aromatic N) is 2. The van der Waals surface area contributed by atoms with Crippen molar-refractivity contribution in [3.63, 3.8) is 0 Å². The lowest BCUT2D eigenvalue weighted by atomic mass is 10.1. The summed E-state index contributed by atoms with van der Waals surface area (Å²) in [5, 5.41) is 4.46. The molecule has 0 unspecified atom stereocenters. The second kappa shape index (κ2) is 4.10. The number of hydrogen-bond donors (Lipinski definition) is 0. The molecule has 2 nitrogen and oxygen atoms in total. The van der Waals surface area contributed by atoms with Gasteiger partial charge in [-0.25, -0.2) is 8.91 Å². The molecular weight excluding hydrogens is 330 g/mol. The molecule has 0 aliphatic heterocycles. The molecule has 0 N–H and O–H groups in total. The fraction of sp³-hybridized carbons (Fsp3) is 0. The van der Waals surface area contributed by atoms with Crippen LogP contribution < -0.4 is 0 Å². The van der Waals surface area contributed by atoms with E-state index in [1.54, 1.807) is 12.1 Å². The first-order chi connectivity index (χ1) is 8.22. The summed E-state index contributed by atoms with van der Waals surface area (Å²) in [4.78, 5) is 0. The molecule has 0 saturated carbocycles. The number of rotatable bonds is 1. The molecule has 2 heterocycles. The van der Waals surface area contributed by atoms with Gasteiger partial charge in [0.2, 0.25) is 0 Å². The largest absolute Gasteiger partial charge is 0.239 e. The van der Waals surface area contributed by atoms with Crippen LogP contribution in [-0.2, 0) is 0 Å². The normalized spacial score (nSPS) is 10.9. The minimum atomic E-state index is -0.230. The van der Waals surface area contributed by atoms with Crippen LogP contribution in [0.3, 0.4) is 0 Å². The number of aromatic nitrogens is 2. The molecule has 2 aromatic heterocycles. The number of pyridine rings is 1. The van der Waals surface area contributed by atoms with Crippen LogP contribution >= 0.6 is 22.6 Å². The summed E-state index contributed by atoms with van der Waals surface area (Å²) in [6.45, 7) is 0. The highest BCUT2D eigenvalue weighted by atomic mass is 127. The standard InChI is InChI=1S/C13H8FIN2/c14-10-3-1-9(2-4-10)13-7-12-6-5-11(15)8-17(12)16-13/h1-8H. The predicted octanol–water partition coefficient (Wildman–Crippen LogP) is 3.75. The van der Waals surface area contributed by atoms with Gasteiger partial charge in [-0.3, -0.25) is 0 Å². The van der Waals surface area contributed by atoms with Gasteiger partial charge in [-0.05, 0) is 65.1 Å². The van der Waals surface area contributed by atoms with Crippen molar-refractivity contribution in [1.29, 1.82) is 0 Å². The highest BCUT2D eigenvalue weighted by molar-refractivity contribution is 14.1. The lowest BCUT2D eigenvalue weighted by Gasteiger charge is -1.95. The zero-order chi connectivity index (χ0) is 11.8. The van der Waals surface area contributed by atoms with Gasteiger partial charge >= 0.3 is 0 Å². The zero-order valence-corrected chi connectivity index (χ0v) is 10.9. The van der Waals surface area contributed by atoms with Gasteiger partial charge in [-0.15, -0.1) is 0 Å². The van der Waals surface area contributed by atoms with Crippen LogP contribution in [0, 0.1) is 9.39 Å². The van der Waals surface area contributed by atoms with Crippen molar-refractivity contribution >= 4 is 28.1 Å². The average Bonchev–Trinajstić information content (AvgIpc) is 2.72. The molecule has 0 bridgehead atoms. The average molecular weight is 338 g/mol. The maximum absolute atomic E-state index is 12.8. The van der Waals surface area contributed by atoms with Crippen molar-refractivity contribution in [2.75, 3.05) is 0 Å². The zero-order valence-electron chi connectivity index (χ0n) is 8.77. The van der Waals surface area contributed by atoms with Crippen LogP contribution in [0.1, 0.15) is 0 Å². The van der Waals surface area contributed by atoms with E-state index >= 15 is 0 Å². The summed E-state index contributed by atoms with van der Waals surface area (Å²) in [6, 6.07) is 12.4. The Morgan fingerprint density at radius 3 is 2.59 bits per heavy atom. The Hall–Kier alpha value is -1.43. The van der Waals surface area contributed by atoms with Crippen LogP contribution in [0.2, 0.25) is 0 Å². The van der Waals surface area contributed by atoms with Gasteiger partial charge in [0.25, 0.3) is 0 Å². The molecule has 0 spiro atoms. The summed E-state index contributed by atoms with van der Waals surface area (Å²) in [6.07, 6.45) is 1.96. The van der Waals surface area contributed by atoms with Crippen molar-refractivity contribution in [2.45, 2.75) is 0 Å². The van der Waals surface area contributed by atoms with Gasteiger partial charge in [-0.2, -0.15) is 5.10 Å². The summed E-state index contributed by atoms with van der Waals surface area (Å²) in [7, 11) is 0. The number of benzene rings is 1. The monoisotopic (exact) mass is 338 g/mol. The summed E-state index contributed by atoms with van der Waals surface area (Å²) in [5.74, 6) is -0.230. The minimum absolute atomic E-state index is 0.230. The fourth-order valence-corrected chi connectivity index (χ4v) is 2.17. The Bertz CT molecular complexity index is 673. The highest BCUT2D eigenvalue weighted by Crippen LogP contribution is 2.20. The molecule has 3 aromatic rings. The Kier molecular flexibility index (Phi) is 2.58. The number of fused-ring (bicyclic) bond motifs is 1. The summed E-state index contributed by atoms with van der Waals surface area (Å²) < 4.78 is 15.8. The van der Waals surface area contributed by atoms with E-state index in [0.29, 0.717) is 0 Å². The van der Waals surface area contributed by atoms with Crippen molar-refractivity contribution < 1.29 is 4.39 Å². The van der Waals surface area contributed by atoms with Crippen LogP contribution in [0.25, 0.3) is 16.8 Å². The lowest BCUT2D eigenvalue weighted by Crippen LogP contribution is -1.87. The third-order valence-corrected chi connectivity index (χ3v) is 3.20.